The third kappa shape index (κ3) is 13.0. The van der Waals surface area contributed by atoms with E-state index < -0.39 is 5.97 Å². The van der Waals surface area contributed by atoms with Gasteiger partial charge in [0.25, 0.3) is 0 Å². The van der Waals surface area contributed by atoms with Crippen molar-refractivity contribution in [2.45, 2.75) is 75.7 Å². The van der Waals surface area contributed by atoms with Gasteiger partial charge in [0.05, 0.1) is 67.4 Å². The average molecular weight is 1110 g/mol. The maximum atomic E-state index is 13.7. The van der Waals surface area contributed by atoms with Crippen molar-refractivity contribution in [1.29, 1.82) is 0 Å². The van der Waals surface area contributed by atoms with Crippen LogP contribution >= 0.6 is 22.7 Å². The summed E-state index contributed by atoms with van der Waals surface area (Å²) in [6, 6.07) is 15.8. The maximum Gasteiger partial charge on any atom is 0.305 e. The molecule has 1 amide bonds. The van der Waals surface area contributed by atoms with E-state index in [0.717, 1.165) is 203 Å². The van der Waals surface area contributed by atoms with Crippen molar-refractivity contribution < 1.29 is 34.4 Å². The van der Waals surface area contributed by atoms with E-state index in [-0.39, 0.29) is 36.6 Å². The Bertz CT molecular complexity index is 2940. The van der Waals surface area contributed by atoms with Crippen LogP contribution in [0.4, 0.5) is 21.6 Å². The summed E-state index contributed by atoms with van der Waals surface area (Å²) in [6.45, 7) is 13.1. The highest BCUT2D eigenvalue weighted by Crippen LogP contribution is 2.40. The van der Waals surface area contributed by atoms with Crippen LogP contribution in [0.1, 0.15) is 74.8 Å². The van der Waals surface area contributed by atoms with Gasteiger partial charge in [0, 0.05) is 145 Å². The summed E-state index contributed by atoms with van der Waals surface area (Å²) in [5.74, 6) is 1.03. The number of methoxy groups -OCH3 is 2. The number of carbonyl (C=O) groups excluding carboxylic acids is 1. The van der Waals surface area contributed by atoms with E-state index in [1.54, 1.807) is 43.1 Å². The summed E-state index contributed by atoms with van der Waals surface area (Å²) in [4.78, 5) is 63.1. The number of ether oxygens (including phenoxy) is 2. The number of hydrogen-bond donors (Lipinski definition) is 3. The van der Waals surface area contributed by atoms with Crippen LogP contribution in [0.15, 0.2) is 71.7 Å². The van der Waals surface area contributed by atoms with Gasteiger partial charge < -0.3 is 54.2 Å². The van der Waals surface area contributed by atoms with Crippen LogP contribution in [0.5, 0.6) is 11.5 Å². The molecule has 0 bridgehead atoms. The van der Waals surface area contributed by atoms with Crippen LogP contribution in [0.25, 0.3) is 21.8 Å². The number of nitrogens with zero attached hydrogens (tertiary/aromatic N) is 12. The van der Waals surface area contributed by atoms with E-state index in [1.165, 1.54) is 0 Å². The second-order valence-electron chi connectivity index (χ2n) is 21.2. The zero-order valence-corrected chi connectivity index (χ0v) is 47.0. The van der Waals surface area contributed by atoms with E-state index in [0.29, 0.717) is 13.0 Å². The van der Waals surface area contributed by atoms with Crippen molar-refractivity contribution in [3.8, 4) is 11.5 Å². The highest BCUT2D eigenvalue weighted by molar-refractivity contribution is 7.14. The number of pyridine rings is 2. The van der Waals surface area contributed by atoms with Crippen LogP contribution in [0.3, 0.4) is 0 Å². The Kier molecular flexibility index (Phi) is 18.4. The van der Waals surface area contributed by atoms with Gasteiger partial charge in [-0.2, -0.15) is 0 Å². The maximum absolute atomic E-state index is 13.7. The van der Waals surface area contributed by atoms with Crippen LogP contribution < -0.4 is 29.1 Å². The van der Waals surface area contributed by atoms with Crippen LogP contribution in [-0.2, 0) is 9.59 Å². The summed E-state index contributed by atoms with van der Waals surface area (Å²) in [6.07, 6.45) is 8.52. The number of likely N-dealkylation sites (N-methyl/N-ethyl adjacent to an activating group) is 1. The van der Waals surface area contributed by atoms with Gasteiger partial charge in [-0.3, -0.25) is 29.4 Å². The number of aliphatic hydroxyl groups is 2. The van der Waals surface area contributed by atoms with E-state index in [9.17, 15) is 24.9 Å². The summed E-state index contributed by atoms with van der Waals surface area (Å²) in [7, 11) is 5.52. The highest BCUT2D eigenvalue weighted by Gasteiger charge is 2.34. The van der Waals surface area contributed by atoms with Gasteiger partial charge in [-0.15, -0.1) is 22.7 Å². The van der Waals surface area contributed by atoms with Gasteiger partial charge in [0.1, 0.15) is 22.9 Å². The number of fused-ring (bicyclic) bond motifs is 2. The molecule has 418 valence electrons. The van der Waals surface area contributed by atoms with Crippen molar-refractivity contribution in [3.63, 3.8) is 0 Å². The lowest BCUT2D eigenvalue weighted by molar-refractivity contribution is -0.138. The van der Waals surface area contributed by atoms with Crippen LogP contribution in [0.2, 0.25) is 0 Å². The Hall–Kier alpha value is -5.94. The zero-order valence-electron chi connectivity index (χ0n) is 45.4. The van der Waals surface area contributed by atoms with E-state index in [1.807, 2.05) is 46.8 Å². The molecule has 0 saturated carbocycles. The largest absolute Gasteiger partial charge is 0.494 e. The number of thiazole rings is 2. The van der Waals surface area contributed by atoms with Gasteiger partial charge in [-0.1, -0.05) is 12.1 Å². The number of piperidine rings is 2. The molecule has 9 heterocycles. The Morgan fingerprint density at radius 3 is 1.49 bits per heavy atom. The Labute approximate surface area is 465 Å². The van der Waals surface area contributed by atoms with Gasteiger partial charge in [0.2, 0.25) is 5.91 Å². The second kappa shape index (κ2) is 25.9. The third-order valence-corrected chi connectivity index (χ3v) is 18.0. The minimum Gasteiger partial charge on any atom is -0.494 e. The summed E-state index contributed by atoms with van der Waals surface area (Å²) < 4.78 is 11.5. The molecule has 21 heteroatoms. The standard InChI is InChI=1S/C31H43N7O3S.C26H33N5O4S/c1-34-15-17-36(18-16-34)28(40)21-26(25-22-42-31(33-25)38-13-8-24(39)9-14-38)35-11-4-12-37(20-19-35)30-27(41-2)7-6-23-5-3-10-32-29(23)30;1-35-22-6-5-18-4-2-9-27-24(18)25(22)30-11-3-10-29(14-15-30)21(16-23(33)34)20-17-36-26(28-20)31-12-7-19(32)8-13-31/h3,5-7,10,22,24,26,39H,4,8-9,11-21H2,1-2H3;2,4-6,9,17,19,21,32H,3,7-8,10-16H2,1H3,(H,33,34). The Balaban J connectivity index is 0.000000179. The van der Waals surface area contributed by atoms with Gasteiger partial charge in [-0.05, 0) is 82.0 Å². The van der Waals surface area contributed by atoms with Crippen molar-refractivity contribution in [1.82, 2.24) is 39.5 Å². The summed E-state index contributed by atoms with van der Waals surface area (Å²) >= 11 is 3.23. The SMILES string of the molecule is COc1ccc2cccnc2c1N1CCCN(C(CC(=O)N2CCN(C)CC2)c2csc(N3CCC(O)CC3)n2)CC1.COc1ccc2cccnc2c1N1CCCN(C(CC(=O)O)c2csc(N3CCC(O)CC3)n2)CC1. The topological polar surface area (TPSA) is 191 Å². The lowest BCUT2D eigenvalue weighted by Crippen LogP contribution is -2.48. The Morgan fingerprint density at radius 2 is 1.04 bits per heavy atom. The molecular weight excluding hydrogens is 1030 g/mol. The molecule has 0 radical (unpaired) electrons. The first kappa shape index (κ1) is 55.4. The van der Waals surface area contributed by atoms with Crippen molar-refractivity contribution in [2.24, 2.45) is 0 Å². The first-order chi connectivity index (χ1) is 38.0. The average Bonchev–Trinajstić information content (AvgIpc) is 4.09. The third-order valence-electron chi connectivity index (χ3n) is 16.2. The predicted molar refractivity (Wildman–Crippen MR) is 309 cm³/mol. The molecule has 5 saturated heterocycles. The number of carboxylic acid groups (broad SMARTS) is 1. The number of anilines is 4. The molecule has 5 aliphatic heterocycles. The smallest absolute Gasteiger partial charge is 0.305 e. The molecule has 78 heavy (non-hydrogen) atoms. The number of aliphatic hydroxyl groups excluding tert-OH is 2. The molecule has 0 spiro atoms. The van der Waals surface area contributed by atoms with E-state index in [4.69, 9.17) is 24.4 Å². The number of hydrogen-bond acceptors (Lipinski definition) is 19. The number of amides is 1. The quantitative estimate of drug-likeness (QED) is 0.108. The molecule has 4 aromatic heterocycles. The fraction of sp³-hybridized carbons (Fsp3) is 0.544. The number of aliphatic carboxylic acids is 1. The predicted octanol–water partition coefficient (Wildman–Crippen LogP) is 6.47. The molecule has 19 nitrogen and oxygen atoms in total. The Morgan fingerprint density at radius 1 is 0.577 bits per heavy atom. The van der Waals surface area contributed by atoms with Crippen LogP contribution in [0, 0.1) is 0 Å². The number of benzene rings is 2. The van der Waals surface area contributed by atoms with Gasteiger partial charge in [-0.25, -0.2) is 9.97 Å². The second-order valence-corrected chi connectivity index (χ2v) is 22.9. The van der Waals surface area contributed by atoms with Crippen molar-refractivity contribution in [3.05, 3.63) is 83.1 Å². The molecule has 5 aliphatic rings. The highest BCUT2D eigenvalue weighted by atomic mass is 32.1. The van der Waals surface area contributed by atoms with Gasteiger partial charge >= 0.3 is 5.97 Å². The zero-order chi connectivity index (χ0) is 54.1. The monoisotopic (exact) mass is 1100 g/mol. The molecular formula is C57H76N12O7S2. The van der Waals surface area contributed by atoms with Crippen molar-refractivity contribution in [2.75, 3.05) is 146 Å². The van der Waals surface area contributed by atoms with Crippen LogP contribution in [-0.4, -0.2) is 205 Å². The first-order valence-corrected chi connectivity index (χ1v) is 29.6. The summed E-state index contributed by atoms with van der Waals surface area (Å²) in [5.41, 5.74) is 5.73. The molecule has 5 fully saturated rings. The van der Waals surface area contributed by atoms with Crippen molar-refractivity contribution >= 4 is 78.0 Å². The minimum atomic E-state index is -0.823. The van der Waals surface area contributed by atoms with Gasteiger partial charge in [0.15, 0.2) is 10.3 Å². The lowest BCUT2D eigenvalue weighted by atomic mass is 10.1. The van der Waals surface area contributed by atoms with E-state index in [2.05, 4.69) is 69.9 Å². The molecule has 2 unspecified atom stereocenters. The number of aromatic nitrogens is 4. The van der Waals surface area contributed by atoms with E-state index >= 15 is 0 Å². The number of carbonyl (C=O) groups is 2. The minimum absolute atomic E-state index is 0.0149. The molecule has 6 aromatic rings. The normalized spacial score (nSPS) is 19.8. The summed E-state index contributed by atoms with van der Waals surface area (Å²) in [5, 5.41) is 37.8. The number of rotatable bonds is 14. The number of carboxylic acids is 1. The fourth-order valence-electron chi connectivity index (χ4n) is 11.7. The molecule has 2 atom stereocenters. The lowest BCUT2D eigenvalue weighted by Gasteiger charge is -2.35. The molecule has 0 aliphatic carbocycles. The molecule has 11 rings (SSSR count). The molecule has 3 N–H and O–H groups in total. The molecule has 2 aromatic carbocycles. The number of piperazine rings is 1. The first-order valence-electron chi connectivity index (χ1n) is 27.8. The fourth-order valence-corrected chi connectivity index (χ4v) is 13.6.